The molecule has 0 bridgehead atoms. The van der Waals surface area contributed by atoms with E-state index in [1.54, 1.807) is 24.3 Å². The standard InChI is InChI=1S/2C17H17Cl2NO/c1-20-9-14(12-4-2-3-5-17(12)21)15(10-20)13-8-11(18)6-7-16(13)19;1-20-9-14(12-4-2-3-5-16(12)19)15(10-20)13-8-11(18)6-7-17(13)21/h2*2-8,14-15,21H,9-10H2,1H3/t2*14-,15-/m00/s1. The van der Waals surface area contributed by atoms with Crippen molar-refractivity contribution in [3.8, 4) is 11.5 Å². The van der Waals surface area contributed by atoms with Gasteiger partial charge in [0.1, 0.15) is 11.5 Å². The number of hydrogen-bond donors (Lipinski definition) is 2. The van der Waals surface area contributed by atoms with E-state index in [1.807, 2.05) is 54.6 Å². The van der Waals surface area contributed by atoms with Crippen molar-refractivity contribution in [2.45, 2.75) is 23.7 Å². The van der Waals surface area contributed by atoms with E-state index >= 15 is 0 Å². The highest BCUT2D eigenvalue weighted by Gasteiger charge is 2.36. The van der Waals surface area contributed by atoms with Crippen molar-refractivity contribution >= 4 is 46.4 Å². The first-order chi connectivity index (χ1) is 20.1. The van der Waals surface area contributed by atoms with E-state index in [4.69, 9.17) is 46.4 Å². The smallest absolute Gasteiger partial charge is 0.119 e. The van der Waals surface area contributed by atoms with E-state index in [0.717, 1.165) is 58.5 Å². The molecule has 42 heavy (non-hydrogen) atoms. The van der Waals surface area contributed by atoms with Gasteiger partial charge >= 0.3 is 0 Å². The molecule has 0 saturated carbocycles. The minimum atomic E-state index is 0.189. The zero-order chi connectivity index (χ0) is 30.0. The third kappa shape index (κ3) is 6.86. The van der Waals surface area contributed by atoms with Gasteiger partial charge < -0.3 is 20.0 Å². The van der Waals surface area contributed by atoms with Gasteiger partial charge in [-0.15, -0.1) is 0 Å². The van der Waals surface area contributed by atoms with Crippen molar-refractivity contribution in [3.05, 3.63) is 127 Å². The largest absolute Gasteiger partial charge is 0.508 e. The average Bonchev–Trinajstić information content (AvgIpc) is 3.54. The number of likely N-dealkylation sites (N-methyl/N-ethyl adjacent to an activating group) is 2. The molecule has 2 N–H and O–H groups in total. The first-order valence-corrected chi connectivity index (χ1v) is 15.5. The molecule has 2 aliphatic heterocycles. The van der Waals surface area contributed by atoms with E-state index in [1.165, 1.54) is 0 Å². The molecule has 0 unspecified atom stereocenters. The molecule has 4 nitrogen and oxygen atoms in total. The summed E-state index contributed by atoms with van der Waals surface area (Å²) >= 11 is 25.0. The van der Waals surface area contributed by atoms with E-state index in [9.17, 15) is 10.2 Å². The number of likely N-dealkylation sites (tertiary alicyclic amines) is 2. The van der Waals surface area contributed by atoms with Crippen LogP contribution in [0.2, 0.25) is 20.1 Å². The predicted molar refractivity (Wildman–Crippen MR) is 175 cm³/mol. The second-order valence-corrected chi connectivity index (χ2v) is 13.0. The topological polar surface area (TPSA) is 46.9 Å². The zero-order valence-corrected chi connectivity index (χ0v) is 26.5. The molecule has 2 fully saturated rings. The molecule has 8 heteroatoms. The third-order valence-electron chi connectivity index (χ3n) is 8.39. The van der Waals surface area contributed by atoms with Crippen LogP contribution in [0, 0.1) is 0 Å². The molecule has 4 aromatic rings. The number of aromatic hydroxyl groups is 2. The number of phenols is 2. The summed E-state index contributed by atoms with van der Waals surface area (Å²) in [6.07, 6.45) is 0. The van der Waals surface area contributed by atoms with Crippen LogP contribution in [0.5, 0.6) is 11.5 Å². The Morgan fingerprint density at radius 3 is 1.55 bits per heavy atom. The van der Waals surface area contributed by atoms with Crippen molar-refractivity contribution in [1.29, 1.82) is 0 Å². The molecule has 4 aromatic carbocycles. The normalized spacial score (nSPS) is 22.6. The maximum absolute atomic E-state index is 10.2. The van der Waals surface area contributed by atoms with Crippen molar-refractivity contribution in [2.24, 2.45) is 0 Å². The number of rotatable bonds is 4. The Morgan fingerprint density at radius 2 is 0.929 bits per heavy atom. The molecule has 220 valence electrons. The van der Waals surface area contributed by atoms with Gasteiger partial charge in [-0.3, -0.25) is 0 Å². The maximum Gasteiger partial charge on any atom is 0.119 e. The van der Waals surface area contributed by atoms with Crippen LogP contribution in [0.1, 0.15) is 45.9 Å². The fourth-order valence-corrected chi connectivity index (χ4v) is 7.35. The molecule has 4 atom stereocenters. The first kappa shape index (κ1) is 31.0. The van der Waals surface area contributed by atoms with Crippen LogP contribution in [0.15, 0.2) is 84.9 Å². The van der Waals surface area contributed by atoms with Crippen LogP contribution in [-0.2, 0) is 0 Å². The second kappa shape index (κ2) is 13.5. The lowest BCUT2D eigenvalue weighted by atomic mass is 9.83. The van der Waals surface area contributed by atoms with Gasteiger partial charge in [-0.25, -0.2) is 0 Å². The summed E-state index contributed by atoms with van der Waals surface area (Å²) in [7, 11) is 4.18. The summed E-state index contributed by atoms with van der Waals surface area (Å²) in [5.41, 5.74) is 4.06. The number of phenolic OH excluding ortho intramolecular Hbond substituents is 2. The number of benzene rings is 4. The Balaban J connectivity index is 0.000000168. The maximum atomic E-state index is 10.2. The quantitative estimate of drug-likeness (QED) is 0.233. The fourth-order valence-electron chi connectivity index (χ4n) is 6.46. The van der Waals surface area contributed by atoms with Crippen LogP contribution in [0.3, 0.4) is 0 Å². The Morgan fingerprint density at radius 1 is 0.500 bits per heavy atom. The Bertz CT molecular complexity index is 1430. The van der Waals surface area contributed by atoms with Gasteiger partial charge in [-0.2, -0.15) is 0 Å². The van der Waals surface area contributed by atoms with E-state index in [0.29, 0.717) is 21.5 Å². The molecule has 2 aliphatic rings. The van der Waals surface area contributed by atoms with Gasteiger partial charge in [0.15, 0.2) is 0 Å². The molecule has 2 saturated heterocycles. The Hall–Kier alpha value is -2.44. The van der Waals surface area contributed by atoms with Gasteiger partial charge in [0.05, 0.1) is 0 Å². The van der Waals surface area contributed by atoms with Gasteiger partial charge in [-0.1, -0.05) is 82.8 Å². The van der Waals surface area contributed by atoms with Crippen molar-refractivity contribution in [1.82, 2.24) is 9.80 Å². The molecule has 0 spiro atoms. The Kier molecular flexibility index (Phi) is 9.94. The minimum absolute atomic E-state index is 0.189. The summed E-state index contributed by atoms with van der Waals surface area (Å²) in [6.45, 7) is 3.59. The van der Waals surface area contributed by atoms with Gasteiger partial charge in [0.2, 0.25) is 0 Å². The number of hydrogen-bond acceptors (Lipinski definition) is 4. The number of halogens is 4. The van der Waals surface area contributed by atoms with E-state index < -0.39 is 0 Å². The summed E-state index contributed by atoms with van der Waals surface area (Å²) in [4.78, 5) is 4.53. The van der Waals surface area contributed by atoms with Crippen LogP contribution in [0.25, 0.3) is 0 Å². The van der Waals surface area contributed by atoms with Crippen LogP contribution < -0.4 is 0 Å². The molecule has 2 heterocycles. The second-order valence-electron chi connectivity index (χ2n) is 11.3. The fraction of sp³-hybridized carbons (Fsp3) is 0.294. The summed E-state index contributed by atoms with van der Waals surface area (Å²) in [6, 6.07) is 26.3. The first-order valence-electron chi connectivity index (χ1n) is 13.9. The van der Waals surface area contributed by atoms with Crippen molar-refractivity contribution in [3.63, 3.8) is 0 Å². The minimum Gasteiger partial charge on any atom is -0.508 e. The van der Waals surface area contributed by atoms with Crippen molar-refractivity contribution < 1.29 is 10.2 Å². The highest BCUT2D eigenvalue weighted by Crippen LogP contribution is 2.46. The summed E-state index contributed by atoms with van der Waals surface area (Å²) in [5, 5.41) is 23.2. The zero-order valence-electron chi connectivity index (χ0n) is 23.5. The van der Waals surface area contributed by atoms with Gasteiger partial charge in [0, 0.05) is 75.5 Å². The van der Waals surface area contributed by atoms with E-state index in [-0.39, 0.29) is 23.7 Å². The average molecular weight is 644 g/mol. The molecule has 0 aromatic heterocycles. The lowest BCUT2D eigenvalue weighted by Gasteiger charge is -2.21. The molecular weight excluding hydrogens is 610 g/mol. The monoisotopic (exact) mass is 642 g/mol. The predicted octanol–water partition coefficient (Wildman–Crippen LogP) is 9.02. The van der Waals surface area contributed by atoms with Crippen LogP contribution >= 0.6 is 46.4 Å². The van der Waals surface area contributed by atoms with Crippen LogP contribution in [-0.4, -0.2) is 60.3 Å². The summed E-state index contributed by atoms with van der Waals surface area (Å²) in [5.74, 6) is 1.54. The lowest BCUT2D eigenvalue weighted by molar-refractivity contribution is 0.405. The highest BCUT2D eigenvalue weighted by atomic mass is 35.5. The van der Waals surface area contributed by atoms with Crippen LogP contribution in [0.4, 0.5) is 0 Å². The highest BCUT2D eigenvalue weighted by molar-refractivity contribution is 6.33. The Labute approximate surface area is 268 Å². The molecular formula is C34H34Cl4N2O2. The number of nitrogens with zero attached hydrogens (tertiary/aromatic N) is 2. The molecule has 0 aliphatic carbocycles. The summed E-state index contributed by atoms with van der Waals surface area (Å²) < 4.78 is 0. The lowest BCUT2D eigenvalue weighted by Crippen LogP contribution is -2.13. The SMILES string of the molecule is CN1C[C@@H](c2cc(Cl)ccc2O)[C@H](c2ccccc2Cl)C1.CN1C[C@@H](c2ccccc2O)[C@H](c2cc(Cl)ccc2Cl)C1. The molecule has 0 amide bonds. The molecule has 6 rings (SSSR count). The third-order valence-corrected chi connectivity index (χ3v) is 9.55. The van der Waals surface area contributed by atoms with E-state index in [2.05, 4.69) is 30.0 Å². The van der Waals surface area contributed by atoms with Gasteiger partial charge in [0.25, 0.3) is 0 Å². The van der Waals surface area contributed by atoms with Crippen molar-refractivity contribution in [2.75, 3.05) is 40.3 Å². The molecule has 0 radical (unpaired) electrons. The number of para-hydroxylation sites is 1. The van der Waals surface area contributed by atoms with Gasteiger partial charge in [-0.05, 0) is 79.3 Å².